The third kappa shape index (κ3) is 5.56. The number of anilines is 1. The van der Waals surface area contributed by atoms with Crippen LogP contribution >= 0.6 is 0 Å². The number of rotatable bonds is 9. The van der Waals surface area contributed by atoms with E-state index in [-0.39, 0.29) is 22.5 Å². The number of phenols is 1. The number of phenolic OH excluding ortho intramolecular Hbond substituents is 1. The molecule has 4 nitrogen and oxygen atoms in total. The number of nitrogens with one attached hydrogen (secondary N) is 1. The predicted molar refractivity (Wildman–Crippen MR) is 125 cm³/mol. The summed E-state index contributed by atoms with van der Waals surface area (Å²) in [5, 5.41) is 12.3. The zero-order chi connectivity index (χ0) is 22.5. The van der Waals surface area contributed by atoms with Gasteiger partial charge in [-0.2, -0.15) is 0 Å². The molecule has 30 heavy (non-hydrogen) atoms. The maximum atomic E-state index is 12.8. The molecule has 0 aliphatic rings. The van der Waals surface area contributed by atoms with Gasteiger partial charge in [-0.25, -0.2) is 0 Å². The molecule has 0 heterocycles. The largest absolute Gasteiger partial charge is 0.508 e. The second-order valence-electron chi connectivity index (χ2n) is 9.24. The standard InChI is InChI=1S/C26H37NO3/c1-8-22(24(29)27-19-12-14-20(28)15-13-19)30-23-16-11-18(25(4,5)9-2)17-21(23)26(6,7)10-3/h11-17,22,28H,8-10H2,1-7H3,(H,27,29). The van der Waals surface area contributed by atoms with Crippen LogP contribution in [0.1, 0.15) is 78.9 Å². The van der Waals surface area contributed by atoms with Gasteiger partial charge in [-0.3, -0.25) is 4.79 Å². The summed E-state index contributed by atoms with van der Waals surface area (Å²) in [7, 11) is 0. The van der Waals surface area contributed by atoms with Crippen molar-refractivity contribution in [1.82, 2.24) is 0 Å². The molecule has 4 heteroatoms. The van der Waals surface area contributed by atoms with Crippen LogP contribution in [0.4, 0.5) is 5.69 Å². The number of amides is 1. The van der Waals surface area contributed by atoms with E-state index in [2.05, 4.69) is 59.0 Å². The molecule has 0 saturated heterocycles. The summed E-state index contributed by atoms with van der Waals surface area (Å²) in [6.07, 6.45) is 1.97. The minimum atomic E-state index is -0.602. The van der Waals surface area contributed by atoms with Crippen LogP contribution in [-0.2, 0) is 15.6 Å². The average Bonchev–Trinajstić information content (AvgIpc) is 2.73. The quantitative estimate of drug-likeness (QED) is 0.459. The van der Waals surface area contributed by atoms with Crippen LogP contribution in [0.3, 0.4) is 0 Å². The Bertz CT molecular complexity index is 853. The molecule has 0 aliphatic heterocycles. The van der Waals surface area contributed by atoms with Crippen molar-refractivity contribution in [3.8, 4) is 11.5 Å². The lowest BCUT2D eigenvalue weighted by atomic mass is 9.76. The van der Waals surface area contributed by atoms with Crippen LogP contribution in [-0.4, -0.2) is 17.1 Å². The van der Waals surface area contributed by atoms with Gasteiger partial charge in [0.2, 0.25) is 0 Å². The molecule has 164 valence electrons. The lowest BCUT2D eigenvalue weighted by Crippen LogP contribution is -2.33. The second kappa shape index (κ2) is 9.55. The lowest BCUT2D eigenvalue weighted by molar-refractivity contribution is -0.122. The number of hydrogen-bond donors (Lipinski definition) is 2. The second-order valence-corrected chi connectivity index (χ2v) is 9.24. The van der Waals surface area contributed by atoms with Gasteiger partial charge in [0.05, 0.1) is 0 Å². The van der Waals surface area contributed by atoms with Crippen molar-refractivity contribution in [3.05, 3.63) is 53.6 Å². The molecule has 0 fully saturated rings. The minimum absolute atomic E-state index is 0.0686. The van der Waals surface area contributed by atoms with Crippen molar-refractivity contribution in [2.75, 3.05) is 5.32 Å². The highest BCUT2D eigenvalue weighted by atomic mass is 16.5. The molecule has 0 radical (unpaired) electrons. The average molecular weight is 412 g/mol. The highest BCUT2D eigenvalue weighted by molar-refractivity contribution is 5.94. The van der Waals surface area contributed by atoms with Crippen molar-refractivity contribution >= 4 is 11.6 Å². The van der Waals surface area contributed by atoms with Gasteiger partial charge in [0, 0.05) is 11.3 Å². The molecule has 1 amide bonds. The Kier molecular flexibility index (Phi) is 7.57. The maximum absolute atomic E-state index is 12.8. The van der Waals surface area contributed by atoms with Crippen molar-refractivity contribution in [3.63, 3.8) is 0 Å². The van der Waals surface area contributed by atoms with Crippen molar-refractivity contribution < 1.29 is 14.6 Å². The van der Waals surface area contributed by atoms with Crippen LogP contribution in [0.25, 0.3) is 0 Å². The van der Waals surface area contributed by atoms with Crippen LogP contribution in [0.5, 0.6) is 11.5 Å². The molecule has 2 N–H and O–H groups in total. The Morgan fingerprint density at radius 2 is 1.57 bits per heavy atom. The van der Waals surface area contributed by atoms with Gasteiger partial charge < -0.3 is 15.2 Å². The first-order valence-corrected chi connectivity index (χ1v) is 11.0. The number of carbonyl (C=O) groups is 1. The van der Waals surface area contributed by atoms with Gasteiger partial charge in [0.25, 0.3) is 5.91 Å². The van der Waals surface area contributed by atoms with Crippen molar-refractivity contribution in [2.45, 2.75) is 84.7 Å². The summed E-state index contributed by atoms with van der Waals surface area (Å²) >= 11 is 0. The van der Waals surface area contributed by atoms with Gasteiger partial charge >= 0.3 is 0 Å². The van der Waals surface area contributed by atoms with Gasteiger partial charge in [0.15, 0.2) is 6.10 Å². The normalized spacial score (nSPS) is 13.0. The number of carbonyl (C=O) groups excluding carboxylic acids is 1. The lowest BCUT2D eigenvalue weighted by Gasteiger charge is -2.31. The summed E-state index contributed by atoms with van der Waals surface area (Å²) < 4.78 is 6.28. The Morgan fingerprint density at radius 1 is 0.967 bits per heavy atom. The highest BCUT2D eigenvalue weighted by Crippen LogP contribution is 2.39. The summed E-state index contributed by atoms with van der Waals surface area (Å²) in [4.78, 5) is 12.8. The van der Waals surface area contributed by atoms with Crippen LogP contribution in [0.15, 0.2) is 42.5 Å². The maximum Gasteiger partial charge on any atom is 0.265 e. The number of aromatic hydroxyl groups is 1. The minimum Gasteiger partial charge on any atom is -0.508 e. The first kappa shape index (κ1) is 23.8. The molecule has 1 unspecified atom stereocenters. The predicted octanol–water partition coefficient (Wildman–Crippen LogP) is 6.56. The van der Waals surface area contributed by atoms with Crippen molar-refractivity contribution in [2.24, 2.45) is 0 Å². The fourth-order valence-corrected chi connectivity index (χ4v) is 3.22. The van der Waals surface area contributed by atoms with E-state index in [1.165, 1.54) is 5.56 Å². The topological polar surface area (TPSA) is 58.6 Å². The van der Waals surface area contributed by atoms with E-state index in [1.807, 2.05) is 13.0 Å². The van der Waals surface area contributed by atoms with E-state index in [9.17, 15) is 9.90 Å². The Balaban J connectivity index is 2.33. The zero-order valence-electron chi connectivity index (χ0n) is 19.5. The zero-order valence-corrected chi connectivity index (χ0v) is 19.5. The van der Waals surface area contributed by atoms with Crippen molar-refractivity contribution in [1.29, 1.82) is 0 Å². The first-order valence-electron chi connectivity index (χ1n) is 11.0. The molecule has 0 bridgehead atoms. The molecule has 0 aliphatic carbocycles. The highest BCUT2D eigenvalue weighted by Gasteiger charge is 2.28. The molecular weight excluding hydrogens is 374 g/mol. The van der Waals surface area contributed by atoms with E-state index < -0.39 is 6.10 Å². The molecule has 2 rings (SSSR count). The molecule has 2 aromatic carbocycles. The van der Waals surface area contributed by atoms with E-state index in [4.69, 9.17) is 4.74 Å². The SMILES string of the molecule is CCC(Oc1ccc(C(C)(C)CC)cc1C(C)(C)CC)C(=O)Nc1ccc(O)cc1. The van der Waals surface area contributed by atoms with E-state index in [0.29, 0.717) is 12.1 Å². The fraction of sp³-hybridized carbons (Fsp3) is 0.500. The van der Waals surface area contributed by atoms with E-state index in [0.717, 1.165) is 24.2 Å². The van der Waals surface area contributed by atoms with E-state index in [1.54, 1.807) is 24.3 Å². The smallest absolute Gasteiger partial charge is 0.265 e. The first-order chi connectivity index (χ1) is 14.0. The molecule has 0 spiro atoms. The Hall–Kier alpha value is -2.49. The molecule has 0 saturated carbocycles. The van der Waals surface area contributed by atoms with Gasteiger partial charge in [-0.15, -0.1) is 0 Å². The van der Waals surface area contributed by atoms with Crippen LogP contribution in [0.2, 0.25) is 0 Å². The number of hydrogen-bond acceptors (Lipinski definition) is 3. The van der Waals surface area contributed by atoms with Gasteiger partial charge in [-0.1, -0.05) is 60.6 Å². The molecular formula is C26H37NO3. The monoisotopic (exact) mass is 411 g/mol. The number of benzene rings is 2. The fourth-order valence-electron chi connectivity index (χ4n) is 3.22. The number of ether oxygens (including phenoxy) is 1. The molecule has 2 aromatic rings. The van der Waals surface area contributed by atoms with Gasteiger partial charge in [0.1, 0.15) is 11.5 Å². The van der Waals surface area contributed by atoms with Gasteiger partial charge in [-0.05, 0) is 66.0 Å². The Labute approximate surface area is 181 Å². The van der Waals surface area contributed by atoms with Crippen LogP contribution < -0.4 is 10.1 Å². The molecule has 1 atom stereocenters. The van der Waals surface area contributed by atoms with Crippen LogP contribution in [0, 0.1) is 0 Å². The summed E-state index contributed by atoms with van der Waals surface area (Å²) in [6, 6.07) is 12.9. The summed E-state index contributed by atoms with van der Waals surface area (Å²) in [5.41, 5.74) is 3.07. The molecule has 0 aromatic heterocycles. The third-order valence-electron chi connectivity index (χ3n) is 6.33. The van der Waals surface area contributed by atoms with E-state index >= 15 is 0 Å². The Morgan fingerprint density at radius 3 is 2.10 bits per heavy atom. The third-order valence-corrected chi connectivity index (χ3v) is 6.33. The summed E-state index contributed by atoms with van der Waals surface area (Å²) in [6.45, 7) is 15.3. The summed E-state index contributed by atoms with van der Waals surface area (Å²) in [5.74, 6) is 0.740.